The molecule has 0 aromatic carbocycles. The third-order valence-electron chi connectivity index (χ3n) is 1.54. The third kappa shape index (κ3) is 2.66. The second kappa shape index (κ2) is 4.18. The number of pyridine rings is 1. The van der Waals surface area contributed by atoms with Crippen LogP contribution in [0.15, 0.2) is 18.3 Å². The summed E-state index contributed by atoms with van der Waals surface area (Å²) in [6.07, 6.45) is 1.94. The molecule has 0 aliphatic rings. The van der Waals surface area contributed by atoms with Crippen LogP contribution in [0.5, 0.6) is 0 Å². The molecule has 13 heavy (non-hydrogen) atoms. The van der Waals surface area contributed by atoms with Gasteiger partial charge in [0.05, 0.1) is 4.92 Å². The molecule has 0 aliphatic heterocycles. The summed E-state index contributed by atoms with van der Waals surface area (Å²) in [5, 5.41) is 10.4. The van der Waals surface area contributed by atoms with E-state index in [1.807, 2.05) is 0 Å². The van der Waals surface area contributed by atoms with Gasteiger partial charge in [0.25, 0.3) is 5.69 Å². The maximum Gasteiger partial charge on any atom is 0.290 e. The fraction of sp³-hybridized carbons (Fsp3) is 0.375. The zero-order valence-corrected chi connectivity index (χ0v) is 7.86. The molecule has 5 heteroatoms. The van der Waals surface area contributed by atoms with Gasteiger partial charge in [0, 0.05) is 24.1 Å². The zero-order valence-electron chi connectivity index (χ0n) is 7.11. The number of alkyl halides is 1. The molecule has 0 spiro atoms. The van der Waals surface area contributed by atoms with Crippen molar-refractivity contribution in [3.05, 3.63) is 34.1 Å². The monoisotopic (exact) mass is 200 g/mol. The highest BCUT2D eigenvalue weighted by molar-refractivity contribution is 6.20. The van der Waals surface area contributed by atoms with Gasteiger partial charge in [-0.3, -0.25) is 15.1 Å². The van der Waals surface area contributed by atoms with Crippen molar-refractivity contribution in [1.82, 2.24) is 4.98 Å². The first-order valence-corrected chi connectivity index (χ1v) is 4.27. The standard InChI is InChI=1S/C8H9ClN2O2/c1-6(9)5-7-8(11(12)13)3-2-4-10-7/h2-4,6H,5H2,1H3. The van der Waals surface area contributed by atoms with E-state index in [0.717, 1.165) is 0 Å². The number of hydrogen-bond acceptors (Lipinski definition) is 3. The predicted octanol–water partition coefficient (Wildman–Crippen LogP) is 2.16. The Hall–Kier alpha value is -1.16. The molecule has 1 unspecified atom stereocenters. The Morgan fingerprint density at radius 2 is 2.46 bits per heavy atom. The quantitative estimate of drug-likeness (QED) is 0.427. The molecule has 0 bridgehead atoms. The zero-order chi connectivity index (χ0) is 9.84. The van der Waals surface area contributed by atoms with Crippen LogP contribution in [0, 0.1) is 10.1 Å². The lowest BCUT2D eigenvalue weighted by molar-refractivity contribution is -0.385. The van der Waals surface area contributed by atoms with Gasteiger partial charge in [-0.1, -0.05) is 0 Å². The minimum absolute atomic E-state index is 0.0370. The summed E-state index contributed by atoms with van der Waals surface area (Å²) in [5.41, 5.74) is 0.477. The molecule has 1 heterocycles. The fourth-order valence-corrected chi connectivity index (χ4v) is 1.17. The molecule has 0 aliphatic carbocycles. The highest BCUT2D eigenvalue weighted by Crippen LogP contribution is 2.17. The lowest BCUT2D eigenvalue weighted by atomic mass is 10.2. The lowest BCUT2D eigenvalue weighted by Crippen LogP contribution is -2.03. The first-order valence-electron chi connectivity index (χ1n) is 3.83. The van der Waals surface area contributed by atoms with E-state index in [1.54, 1.807) is 13.0 Å². The van der Waals surface area contributed by atoms with Crippen molar-refractivity contribution in [3.63, 3.8) is 0 Å². The highest BCUT2D eigenvalue weighted by Gasteiger charge is 2.15. The minimum Gasteiger partial charge on any atom is -0.258 e. The Morgan fingerprint density at radius 3 is 3.00 bits per heavy atom. The molecule has 1 aromatic heterocycles. The molecule has 0 saturated carbocycles. The van der Waals surface area contributed by atoms with Crippen molar-refractivity contribution < 1.29 is 4.92 Å². The normalized spacial score (nSPS) is 12.5. The molecule has 1 atom stereocenters. The van der Waals surface area contributed by atoms with Crippen molar-refractivity contribution in [2.24, 2.45) is 0 Å². The molecule has 1 aromatic rings. The Balaban J connectivity index is 2.98. The first-order chi connectivity index (χ1) is 6.11. The Morgan fingerprint density at radius 1 is 1.77 bits per heavy atom. The molecular formula is C8H9ClN2O2. The molecular weight excluding hydrogens is 192 g/mol. The second-order valence-electron chi connectivity index (χ2n) is 2.71. The van der Waals surface area contributed by atoms with E-state index in [1.165, 1.54) is 12.3 Å². The maximum absolute atomic E-state index is 10.5. The van der Waals surface area contributed by atoms with Gasteiger partial charge in [-0.2, -0.15) is 0 Å². The number of nitrogens with zero attached hydrogens (tertiary/aromatic N) is 2. The molecule has 1 rings (SSSR count). The Kier molecular flexibility index (Phi) is 3.19. The van der Waals surface area contributed by atoms with Crippen molar-refractivity contribution >= 4 is 17.3 Å². The average molecular weight is 201 g/mol. The van der Waals surface area contributed by atoms with Crippen LogP contribution in [-0.2, 0) is 6.42 Å². The smallest absolute Gasteiger partial charge is 0.258 e. The minimum atomic E-state index is -0.443. The van der Waals surface area contributed by atoms with Crippen LogP contribution in [0.25, 0.3) is 0 Å². The van der Waals surface area contributed by atoms with Crippen LogP contribution < -0.4 is 0 Å². The Bertz CT molecular complexity index is 315. The number of aromatic nitrogens is 1. The van der Waals surface area contributed by atoms with Gasteiger partial charge in [0.1, 0.15) is 5.69 Å². The number of nitro groups is 1. The molecule has 0 saturated heterocycles. The second-order valence-corrected chi connectivity index (χ2v) is 3.46. The fourth-order valence-electron chi connectivity index (χ4n) is 1.02. The van der Waals surface area contributed by atoms with Gasteiger partial charge >= 0.3 is 0 Å². The van der Waals surface area contributed by atoms with E-state index in [0.29, 0.717) is 12.1 Å². The summed E-state index contributed by atoms with van der Waals surface area (Å²) in [6, 6.07) is 2.97. The van der Waals surface area contributed by atoms with Crippen LogP contribution in [0.3, 0.4) is 0 Å². The maximum atomic E-state index is 10.5. The SMILES string of the molecule is CC(Cl)Cc1ncccc1[N+](=O)[O-]. The predicted molar refractivity (Wildman–Crippen MR) is 49.9 cm³/mol. The molecule has 0 radical (unpaired) electrons. The Labute approximate surface area is 80.7 Å². The summed E-state index contributed by atoms with van der Waals surface area (Å²) in [5.74, 6) is 0. The number of hydrogen-bond donors (Lipinski definition) is 0. The highest BCUT2D eigenvalue weighted by atomic mass is 35.5. The third-order valence-corrected chi connectivity index (χ3v) is 1.69. The van der Waals surface area contributed by atoms with Crippen molar-refractivity contribution in [1.29, 1.82) is 0 Å². The van der Waals surface area contributed by atoms with Gasteiger partial charge in [0.15, 0.2) is 0 Å². The van der Waals surface area contributed by atoms with Crippen molar-refractivity contribution in [3.8, 4) is 0 Å². The van der Waals surface area contributed by atoms with E-state index >= 15 is 0 Å². The van der Waals surface area contributed by atoms with Crippen molar-refractivity contribution in [2.75, 3.05) is 0 Å². The summed E-state index contributed by atoms with van der Waals surface area (Å²) in [7, 11) is 0. The van der Waals surface area contributed by atoms with Gasteiger partial charge < -0.3 is 0 Å². The summed E-state index contributed by atoms with van der Waals surface area (Å²) >= 11 is 5.73. The van der Waals surface area contributed by atoms with Crippen LogP contribution in [0.2, 0.25) is 0 Å². The van der Waals surface area contributed by atoms with E-state index in [4.69, 9.17) is 11.6 Å². The van der Waals surface area contributed by atoms with Crippen LogP contribution in [0.4, 0.5) is 5.69 Å². The van der Waals surface area contributed by atoms with Gasteiger partial charge in [-0.15, -0.1) is 11.6 Å². The van der Waals surface area contributed by atoms with E-state index < -0.39 is 4.92 Å². The lowest BCUT2D eigenvalue weighted by Gasteiger charge is -2.02. The van der Waals surface area contributed by atoms with Gasteiger partial charge in [-0.25, -0.2) is 0 Å². The number of halogens is 1. The molecule has 4 nitrogen and oxygen atoms in total. The van der Waals surface area contributed by atoms with Gasteiger partial charge in [0.2, 0.25) is 0 Å². The van der Waals surface area contributed by atoms with Crippen LogP contribution in [-0.4, -0.2) is 15.3 Å². The first kappa shape index (κ1) is 9.92. The molecule has 70 valence electrons. The summed E-state index contributed by atoms with van der Waals surface area (Å²) in [6.45, 7) is 1.78. The summed E-state index contributed by atoms with van der Waals surface area (Å²) < 4.78 is 0. The molecule has 0 N–H and O–H groups in total. The molecule has 0 amide bonds. The summed E-state index contributed by atoms with van der Waals surface area (Å²) in [4.78, 5) is 14.0. The van der Waals surface area contributed by atoms with Gasteiger partial charge in [-0.05, 0) is 13.0 Å². The van der Waals surface area contributed by atoms with E-state index in [2.05, 4.69) is 4.98 Å². The van der Waals surface area contributed by atoms with Crippen LogP contribution in [0.1, 0.15) is 12.6 Å². The van der Waals surface area contributed by atoms with Crippen molar-refractivity contribution in [2.45, 2.75) is 18.7 Å². The molecule has 0 fully saturated rings. The van der Waals surface area contributed by atoms with Crippen LogP contribution >= 0.6 is 11.6 Å². The van der Waals surface area contributed by atoms with E-state index in [9.17, 15) is 10.1 Å². The largest absolute Gasteiger partial charge is 0.290 e. The average Bonchev–Trinajstić information content (AvgIpc) is 2.03. The number of rotatable bonds is 3. The van der Waals surface area contributed by atoms with E-state index in [-0.39, 0.29) is 11.1 Å². The topological polar surface area (TPSA) is 56.0 Å².